The molecule has 1 saturated heterocycles. The molecule has 23 heavy (non-hydrogen) atoms. The zero-order valence-corrected chi connectivity index (χ0v) is 13.7. The van der Waals surface area contributed by atoms with E-state index in [1.165, 1.54) is 0 Å². The fourth-order valence-electron chi connectivity index (χ4n) is 3.98. The smallest absolute Gasteiger partial charge is 0.272 e. The van der Waals surface area contributed by atoms with Crippen LogP contribution >= 0.6 is 0 Å². The van der Waals surface area contributed by atoms with Crippen LogP contribution in [-0.4, -0.2) is 41.1 Å². The highest BCUT2D eigenvalue weighted by molar-refractivity contribution is 5.94. The van der Waals surface area contributed by atoms with Crippen molar-refractivity contribution in [2.45, 2.75) is 63.8 Å². The van der Waals surface area contributed by atoms with E-state index in [1.807, 2.05) is 0 Å². The van der Waals surface area contributed by atoms with Gasteiger partial charge in [0.15, 0.2) is 11.5 Å². The van der Waals surface area contributed by atoms with Gasteiger partial charge in [0.25, 0.3) is 5.91 Å². The number of carbonyl (C=O) groups is 1. The Hall–Kier alpha value is -1.40. The predicted molar refractivity (Wildman–Crippen MR) is 84.1 cm³/mol. The summed E-state index contributed by atoms with van der Waals surface area (Å²) in [4.78, 5) is 12.3. The van der Waals surface area contributed by atoms with E-state index in [-0.39, 0.29) is 12.0 Å². The van der Waals surface area contributed by atoms with Crippen molar-refractivity contribution in [2.75, 3.05) is 13.2 Å². The second-order valence-corrected chi connectivity index (χ2v) is 7.24. The summed E-state index contributed by atoms with van der Waals surface area (Å²) in [6.45, 7) is 3.33. The van der Waals surface area contributed by atoms with Crippen molar-refractivity contribution in [3.63, 3.8) is 0 Å². The number of carbonyl (C=O) groups excluding carboxylic acids is 1. The van der Waals surface area contributed by atoms with Gasteiger partial charge in [-0.05, 0) is 38.0 Å². The molecule has 2 N–H and O–H groups in total. The first-order valence-corrected chi connectivity index (χ1v) is 8.81. The molecule has 3 aliphatic rings. The Labute approximate surface area is 136 Å². The van der Waals surface area contributed by atoms with Gasteiger partial charge in [0.1, 0.15) is 6.10 Å². The van der Waals surface area contributed by atoms with Crippen LogP contribution in [0.3, 0.4) is 0 Å². The van der Waals surface area contributed by atoms with E-state index in [1.54, 1.807) is 0 Å². The van der Waals surface area contributed by atoms with Gasteiger partial charge in [-0.25, -0.2) is 0 Å². The second kappa shape index (κ2) is 5.91. The highest BCUT2D eigenvalue weighted by Crippen LogP contribution is 2.39. The van der Waals surface area contributed by atoms with Crippen LogP contribution in [0.5, 0.6) is 0 Å². The number of nitrogens with zero attached hydrogens (tertiary/aromatic N) is 1. The summed E-state index contributed by atoms with van der Waals surface area (Å²) in [7, 11) is 0. The van der Waals surface area contributed by atoms with Gasteiger partial charge in [-0.1, -0.05) is 6.92 Å². The molecule has 1 aliphatic heterocycles. The minimum atomic E-state index is -0.393. The Bertz CT molecular complexity index is 590. The number of aromatic amines is 1. The number of aromatic nitrogens is 2. The van der Waals surface area contributed by atoms with Crippen molar-refractivity contribution in [1.29, 1.82) is 0 Å². The van der Waals surface area contributed by atoms with Gasteiger partial charge in [-0.2, -0.15) is 5.10 Å². The van der Waals surface area contributed by atoms with E-state index in [2.05, 4.69) is 22.4 Å². The van der Waals surface area contributed by atoms with E-state index in [0.29, 0.717) is 18.8 Å². The Kier molecular flexibility index (Phi) is 3.89. The van der Waals surface area contributed by atoms with Crippen LogP contribution in [0.25, 0.3) is 0 Å². The summed E-state index contributed by atoms with van der Waals surface area (Å²) in [6.07, 6.45) is 7.22. The van der Waals surface area contributed by atoms with E-state index < -0.39 is 5.79 Å². The molecular formula is C17H25N3O3. The summed E-state index contributed by atoms with van der Waals surface area (Å²) < 4.78 is 12.1. The van der Waals surface area contributed by atoms with Crippen LogP contribution in [0.4, 0.5) is 0 Å². The second-order valence-electron chi connectivity index (χ2n) is 7.24. The van der Waals surface area contributed by atoms with Crippen molar-refractivity contribution >= 4 is 5.91 Å². The molecule has 1 amide bonds. The normalized spacial score (nSPS) is 33.1. The maximum absolute atomic E-state index is 12.3. The molecule has 4 rings (SSSR count). The van der Waals surface area contributed by atoms with Gasteiger partial charge in [-0.15, -0.1) is 0 Å². The van der Waals surface area contributed by atoms with Crippen molar-refractivity contribution < 1.29 is 14.3 Å². The first-order chi connectivity index (χ1) is 11.2. The molecule has 0 bridgehead atoms. The largest absolute Gasteiger partial charge is 0.348 e. The molecule has 2 fully saturated rings. The lowest BCUT2D eigenvalue weighted by molar-refractivity contribution is -0.191. The molecular weight excluding hydrogens is 294 g/mol. The Morgan fingerprint density at radius 3 is 3.04 bits per heavy atom. The first kappa shape index (κ1) is 15.1. The minimum absolute atomic E-state index is 0.0562. The maximum Gasteiger partial charge on any atom is 0.272 e. The summed E-state index contributed by atoms with van der Waals surface area (Å²) in [5.74, 6) is 0.259. The molecule has 1 atom stereocenters. The number of aryl methyl sites for hydroxylation is 1. The molecule has 0 unspecified atom stereocenters. The lowest BCUT2D eigenvalue weighted by Crippen LogP contribution is -2.38. The third kappa shape index (κ3) is 2.90. The monoisotopic (exact) mass is 319 g/mol. The molecule has 1 saturated carbocycles. The third-order valence-electron chi connectivity index (χ3n) is 5.46. The fourth-order valence-corrected chi connectivity index (χ4v) is 3.98. The van der Waals surface area contributed by atoms with E-state index in [4.69, 9.17) is 9.47 Å². The van der Waals surface area contributed by atoms with Crippen LogP contribution < -0.4 is 5.32 Å². The van der Waals surface area contributed by atoms with Crippen LogP contribution in [0.15, 0.2) is 0 Å². The average molecular weight is 319 g/mol. The Morgan fingerprint density at radius 1 is 1.39 bits per heavy atom. The summed E-state index contributed by atoms with van der Waals surface area (Å²) in [5.41, 5.74) is 2.76. The van der Waals surface area contributed by atoms with E-state index >= 15 is 0 Å². The number of hydrogen-bond donors (Lipinski definition) is 2. The Balaban J connectivity index is 1.31. The number of H-pyrrole nitrogens is 1. The van der Waals surface area contributed by atoms with Crippen LogP contribution in [0, 0.1) is 5.92 Å². The number of fused-ring (bicyclic) bond motifs is 1. The standard InChI is InChI=1S/C17H25N3O3/c1-11-5-7-17(8-6-11)22-10-12(23-17)9-18-16(21)15-13-3-2-4-14(13)19-20-15/h11-12H,2-10H2,1H3,(H,18,21)(H,19,20)/t11?,12-,17?/m1/s1. The van der Waals surface area contributed by atoms with Gasteiger partial charge >= 0.3 is 0 Å². The average Bonchev–Trinajstić information content (AvgIpc) is 3.24. The molecule has 2 aliphatic carbocycles. The van der Waals surface area contributed by atoms with E-state index in [0.717, 1.165) is 62.1 Å². The van der Waals surface area contributed by atoms with Crippen molar-refractivity contribution in [2.24, 2.45) is 5.92 Å². The third-order valence-corrected chi connectivity index (χ3v) is 5.46. The molecule has 1 spiro atoms. The number of nitrogens with one attached hydrogen (secondary N) is 2. The zero-order valence-electron chi connectivity index (χ0n) is 13.7. The number of rotatable bonds is 3. The molecule has 1 aromatic heterocycles. The molecule has 2 heterocycles. The number of amides is 1. The summed E-state index contributed by atoms with van der Waals surface area (Å²) in [5, 5.41) is 10.1. The van der Waals surface area contributed by atoms with Crippen molar-refractivity contribution in [3.8, 4) is 0 Å². The molecule has 6 heteroatoms. The van der Waals surface area contributed by atoms with Crippen LogP contribution in [0.2, 0.25) is 0 Å². The molecule has 6 nitrogen and oxygen atoms in total. The van der Waals surface area contributed by atoms with Crippen LogP contribution in [-0.2, 0) is 22.3 Å². The van der Waals surface area contributed by atoms with Gasteiger partial charge in [0.05, 0.1) is 6.61 Å². The lowest BCUT2D eigenvalue weighted by atomic mass is 9.86. The van der Waals surface area contributed by atoms with Gasteiger partial charge < -0.3 is 14.8 Å². The summed E-state index contributed by atoms with van der Waals surface area (Å²) in [6, 6.07) is 0. The van der Waals surface area contributed by atoms with Gasteiger partial charge in [0, 0.05) is 30.6 Å². The topological polar surface area (TPSA) is 76.2 Å². The van der Waals surface area contributed by atoms with Crippen LogP contribution in [0.1, 0.15) is 60.8 Å². The molecule has 0 aromatic carbocycles. The first-order valence-electron chi connectivity index (χ1n) is 8.81. The fraction of sp³-hybridized carbons (Fsp3) is 0.765. The highest BCUT2D eigenvalue weighted by atomic mass is 16.7. The predicted octanol–water partition coefficient (Wildman–Crippen LogP) is 1.95. The quantitative estimate of drug-likeness (QED) is 0.893. The van der Waals surface area contributed by atoms with Gasteiger partial charge in [0.2, 0.25) is 0 Å². The summed E-state index contributed by atoms with van der Waals surface area (Å²) >= 11 is 0. The minimum Gasteiger partial charge on any atom is -0.348 e. The molecule has 126 valence electrons. The molecule has 1 aromatic rings. The lowest BCUT2D eigenvalue weighted by Gasteiger charge is -2.34. The van der Waals surface area contributed by atoms with Crippen molar-refractivity contribution in [1.82, 2.24) is 15.5 Å². The highest BCUT2D eigenvalue weighted by Gasteiger charge is 2.43. The SMILES string of the molecule is CC1CCC2(CC1)OC[C@@H](CNC(=O)c1n[nH]c3c1CCC3)O2. The van der Waals surface area contributed by atoms with Gasteiger partial charge in [-0.3, -0.25) is 9.89 Å². The van der Waals surface area contributed by atoms with Crippen molar-refractivity contribution in [3.05, 3.63) is 17.0 Å². The van der Waals surface area contributed by atoms with E-state index in [9.17, 15) is 4.79 Å². The zero-order chi connectivity index (χ0) is 15.9. The Morgan fingerprint density at radius 2 is 2.22 bits per heavy atom. The molecule has 0 radical (unpaired) electrons. The number of hydrogen-bond acceptors (Lipinski definition) is 4. The maximum atomic E-state index is 12.3. The number of ether oxygens (including phenoxy) is 2.